The average molecular weight is 244 g/mol. The SMILES string of the molecule is C=N/C(=C\C(=C)N1CC(CC(=O)O)C1)C(F)F. The largest absolute Gasteiger partial charge is 0.481 e. The van der Waals surface area contributed by atoms with Crippen LogP contribution in [0.25, 0.3) is 0 Å². The second kappa shape index (κ2) is 5.56. The Morgan fingerprint density at radius 1 is 1.59 bits per heavy atom. The number of nitrogens with zero attached hydrogens (tertiary/aromatic N) is 2. The first-order valence-corrected chi connectivity index (χ1v) is 5.06. The van der Waals surface area contributed by atoms with Crippen molar-refractivity contribution in [2.75, 3.05) is 13.1 Å². The van der Waals surface area contributed by atoms with Gasteiger partial charge in [0.1, 0.15) is 5.70 Å². The minimum absolute atomic E-state index is 0.0596. The number of carboxylic acid groups (broad SMARTS) is 1. The first-order chi connectivity index (χ1) is 7.93. The van der Waals surface area contributed by atoms with E-state index in [1.807, 2.05) is 0 Å². The number of halogens is 2. The normalized spacial score (nSPS) is 16.9. The van der Waals surface area contributed by atoms with Gasteiger partial charge in [-0.05, 0) is 12.8 Å². The monoisotopic (exact) mass is 244 g/mol. The van der Waals surface area contributed by atoms with Crippen LogP contribution in [-0.4, -0.2) is 42.2 Å². The fourth-order valence-corrected chi connectivity index (χ4v) is 1.62. The predicted molar refractivity (Wildman–Crippen MR) is 60.1 cm³/mol. The molecule has 1 saturated heterocycles. The molecule has 0 aromatic heterocycles. The summed E-state index contributed by atoms with van der Waals surface area (Å²) in [5, 5.41) is 8.55. The third kappa shape index (κ3) is 3.65. The maximum Gasteiger partial charge on any atom is 0.303 e. The van der Waals surface area contributed by atoms with E-state index in [0.717, 1.165) is 0 Å². The molecule has 0 saturated carbocycles. The standard InChI is InChI=1S/C11H14F2N2O2/c1-7(3-9(14-2)11(12)13)15-5-8(6-15)4-10(16)17/h3,8,11H,1-2,4-6H2,(H,16,17)/b9-3-. The average Bonchev–Trinajstić information content (AvgIpc) is 2.18. The number of carbonyl (C=O) groups is 1. The molecule has 1 heterocycles. The van der Waals surface area contributed by atoms with E-state index in [9.17, 15) is 13.6 Å². The molecule has 0 aliphatic carbocycles. The lowest BCUT2D eigenvalue weighted by atomic mass is 9.96. The lowest BCUT2D eigenvalue weighted by Crippen LogP contribution is -2.46. The highest BCUT2D eigenvalue weighted by atomic mass is 19.3. The van der Waals surface area contributed by atoms with Crippen LogP contribution in [0.15, 0.2) is 29.0 Å². The van der Waals surface area contributed by atoms with Crippen LogP contribution >= 0.6 is 0 Å². The van der Waals surface area contributed by atoms with Crippen molar-refractivity contribution in [3.63, 3.8) is 0 Å². The molecule has 17 heavy (non-hydrogen) atoms. The Morgan fingerprint density at radius 3 is 2.59 bits per heavy atom. The number of allylic oxidation sites excluding steroid dienone is 2. The van der Waals surface area contributed by atoms with Gasteiger partial charge in [0.2, 0.25) is 0 Å². The number of likely N-dealkylation sites (tertiary alicyclic amines) is 1. The molecule has 1 rings (SSSR count). The molecule has 1 aliphatic heterocycles. The summed E-state index contributed by atoms with van der Waals surface area (Å²) in [4.78, 5) is 15.4. The quantitative estimate of drug-likeness (QED) is 0.572. The number of aliphatic imine (C=N–C) groups is 1. The summed E-state index contributed by atoms with van der Waals surface area (Å²) in [5.74, 6) is -0.791. The Bertz CT molecular complexity index is 360. The van der Waals surface area contributed by atoms with Crippen LogP contribution in [0.5, 0.6) is 0 Å². The second-order valence-corrected chi connectivity index (χ2v) is 3.89. The van der Waals surface area contributed by atoms with Crippen LogP contribution in [0.2, 0.25) is 0 Å². The molecule has 6 heteroatoms. The highest BCUT2D eigenvalue weighted by molar-refractivity contribution is 5.67. The van der Waals surface area contributed by atoms with Crippen molar-refractivity contribution in [2.24, 2.45) is 10.9 Å². The molecule has 1 fully saturated rings. The van der Waals surface area contributed by atoms with E-state index in [1.165, 1.54) is 6.08 Å². The predicted octanol–water partition coefficient (Wildman–Crippen LogP) is 1.76. The number of rotatable bonds is 6. The van der Waals surface area contributed by atoms with E-state index in [2.05, 4.69) is 18.3 Å². The van der Waals surface area contributed by atoms with Gasteiger partial charge in [-0.3, -0.25) is 9.79 Å². The van der Waals surface area contributed by atoms with Crippen LogP contribution in [0.4, 0.5) is 8.78 Å². The summed E-state index contributed by atoms with van der Waals surface area (Å²) in [6, 6.07) is 0. The van der Waals surface area contributed by atoms with E-state index < -0.39 is 18.1 Å². The number of hydrogen-bond acceptors (Lipinski definition) is 3. The summed E-state index contributed by atoms with van der Waals surface area (Å²) >= 11 is 0. The summed E-state index contributed by atoms with van der Waals surface area (Å²) in [5.41, 5.74) is -0.00831. The van der Waals surface area contributed by atoms with Crippen molar-refractivity contribution in [3.05, 3.63) is 24.0 Å². The van der Waals surface area contributed by atoms with Crippen LogP contribution in [0.1, 0.15) is 6.42 Å². The van der Waals surface area contributed by atoms with Gasteiger partial charge in [0, 0.05) is 24.7 Å². The van der Waals surface area contributed by atoms with E-state index in [4.69, 9.17) is 5.11 Å². The fraction of sp³-hybridized carbons (Fsp3) is 0.455. The van der Waals surface area contributed by atoms with Gasteiger partial charge >= 0.3 is 5.97 Å². The van der Waals surface area contributed by atoms with Gasteiger partial charge in [-0.25, -0.2) is 8.78 Å². The number of alkyl halides is 2. The first kappa shape index (κ1) is 13.3. The van der Waals surface area contributed by atoms with Crippen LogP contribution in [-0.2, 0) is 4.79 Å². The zero-order valence-corrected chi connectivity index (χ0v) is 9.27. The maximum atomic E-state index is 12.4. The molecule has 0 aromatic carbocycles. The van der Waals surface area contributed by atoms with E-state index in [0.29, 0.717) is 18.8 Å². The molecule has 0 aromatic rings. The smallest absolute Gasteiger partial charge is 0.303 e. The van der Waals surface area contributed by atoms with Crippen molar-refractivity contribution in [2.45, 2.75) is 12.8 Å². The van der Waals surface area contributed by atoms with E-state index in [1.54, 1.807) is 4.90 Å². The first-order valence-electron chi connectivity index (χ1n) is 5.06. The van der Waals surface area contributed by atoms with Gasteiger partial charge in [0.15, 0.2) is 0 Å². The van der Waals surface area contributed by atoms with E-state index >= 15 is 0 Å². The zero-order valence-electron chi connectivity index (χ0n) is 9.27. The minimum Gasteiger partial charge on any atom is -0.481 e. The number of aliphatic carboxylic acids is 1. The van der Waals surface area contributed by atoms with Gasteiger partial charge in [0.25, 0.3) is 6.43 Å². The molecule has 0 atom stereocenters. The Labute approximate surface area is 97.9 Å². The van der Waals surface area contributed by atoms with E-state index in [-0.39, 0.29) is 12.3 Å². The molecule has 0 spiro atoms. The van der Waals surface area contributed by atoms with Crippen LogP contribution in [0.3, 0.4) is 0 Å². The van der Waals surface area contributed by atoms with Crippen LogP contribution < -0.4 is 0 Å². The molecule has 94 valence electrons. The summed E-state index contributed by atoms with van der Waals surface area (Å²) < 4.78 is 24.7. The molecule has 1 aliphatic rings. The van der Waals surface area contributed by atoms with Gasteiger partial charge < -0.3 is 10.0 Å². The number of carboxylic acids is 1. The van der Waals surface area contributed by atoms with Gasteiger partial charge in [0.05, 0.1) is 6.42 Å². The molecule has 1 N–H and O–H groups in total. The third-order valence-electron chi connectivity index (χ3n) is 2.55. The third-order valence-corrected chi connectivity index (χ3v) is 2.55. The number of hydrogen-bond donors (Lipinski definition) is 1. The molecule has 0 radical (unpaired) electrons. The van der Waals surface area contributed by atoms with Crippen molar-refractivity contribution in [1.82, 2.24) is 4.90 Å². The molecular weight excluding hydrogens is 230 g/mol. The summed E-state index contributed by atoms with van der Waals surface area (Å²) in [7, 11) is 0. The topological polar surface area (TPSA) is 52.9 Å². The highest BCUT2D eigenvalue weighted by Crippen LogP contribution is 2.24. The highest BCUT2D eigenvalue weighted by Gasteiger charge is 2.29. The van der Waals surface area contributed by atoms with Crippen molar-refractivity contribution < 1.29 is 18.7 Å². The maximum absolute atomic E-state index is 12.4. The lowest BCUT2D eigenvalue weighted by molar-refractivity contribution is -0.139. The van der Waals surface area contributed by atoms with Crippen LogP contribution in [0, 0.1) is 5.92 Å². The molecule has 4 nitrogen and oxygen atoms in total. The Kier molecular flexibility index (Phi) is 4.37. The van der Waals surface area contributed by atoms with Crippen molar-refractivity contribution >= 4 is 12.7 Å². The Morgan fingerprint density at radius 2 is 2.18 bits per heavy atom. The molecule has 0 unspecified atom stereocenters. The van der Waals surface area contributed by atoms with Gasteiger partial charge in [-0.2, -0.15) is 0 Å². The Balaban J connectivity index is 2.47. The fourth-order valence-electron chi connectivity index (χ4n) is 1.62. The Hall–Kier alpha value is -1.72. The zero-order chi connectivity index (χ0) is 13.0. The summed E-state index contributed by atoms with van der Waals surface area (Å²) in [6.07, 6.45) is -1.41. The molecule has 0 amide bonds. The molecular formula is C11H14F2N2O2. The van der Waals surface area contributed by atoms with Crippen molar-refractivity contribution in [3.8, 4) is 0 Å². The van der Waals surface area contributed by atoms with Gasteiger partial charge in [-0.1, -0.05) is 6.58 Å². The minimum atomic E-state index is -2.68. The molecule has 0 bridgehead atoms. The second-order valence-electron chi connectivity index (χ2n) is 3.89. The van der Waals surface area contributed by atoms with Crippen molar-refractivity contribution in [1.29, 1.82) is 0 Å². The lowest BCUT2D eigenvalue weighted by Gasteiger charge is -2.40. The summed E-state index contributed by atoms with van der Waals surface area (Å²) in [6.45, 7) is 7.74. The van der Waals surface area contributed by atoms with Gasteiger partial charge in [-0.15, -0.1) is 0 Å².